The summed E-state index contributed by atoms with van der Waals surface area (Å²) in [5.74, 6) is -0.786. The van der Waals surface area contributed by atoms with E-state index in [1.54, 1.807) is 19.1 Å². The van der Waals surface area contributed by atoms with Crippen LogP contribution in [0.3, 0.4) is 0 Å². The van der Waals surface area contributed by atoms with E-state index in [-0.39, 0.29) is 0 Å². The predicted octanol–water partition coefficient (Wildman–Crippen LogP) is 2.80. The third-order valence-electron chi connectivity index (χ3n) is 2.21. The molecule has 0 radical (unpaired) electrons. The third-order valence-corrected chi connectivity index (χ3v) is 2.85. The molecule has 1 rings (SSSR count). The van der Waals surface area contributed by atoms with E-state index >= 15 is 0 Å². The number of nitrogens with one attached hydrogen (secondary N) is 1. The number of hydrogen-bond donors (Lipinski definition) is 1. The molecule has 1 aromatic carbocycles. The van der Waals surface area contributed by atoms with Gasteiger partial charge in [0.05, 0.1) is 11.1 Å². The first-order valence-electron chi connectivity index (χ1n) is 5.45. The van der Waals surface area contributed by atoms with Crippen LogP contribution in [0.4, 0.5) is 4.39 Å². The molecule has 0 aromatic heterocycles. The molecule has 0 heterocycles. The Morgan fingerprint density at radius 3 is 2.76 bits per heavy atom. The van der Waals surface area contributed by atoms with Crippen molar-refractivity contribution in [1.82, 2.24) is 5.32 Å². The molecule has 17 heavy (non-hydrogen) atoms. The van der Waals surface area contributed by atoms with Crippen molar-refractivity contribution >= 4 is 21.9 Å². The van der Waals surface area contributed by atoms with Crippen LogP contribution in [0.1, 0.15) is 25.5 Å². The molecule has 1 N–H and O–H groups in total. The zero-order chi connectivity index (χ0) is 12.8. The summed E-state index contributed by atoms with van der Waals surface area (Å²) in [6.07, 6.45) is 0. The Hall–Kier alpha value is -0.940. The summed E-state index contributed by atoms with van der Waals surface area (Å²) in [6, 6.07) is 3.97. The molecule has 1 unspecified atom stereocenters. The second kappa shape index (κ2) is 6.71. The minimum atomic E-state index is -0.623. The molecule has 0 saturated heterocycles. The van der Waals surface area contributed by atoms with E-state index in [0.717, 1.165) is 0 Å². The van der Waals surface area contributed by atoms with Gasteiger partial charge in [-0.1, -0.05) is 13.0 Å². The Labute approximate surface area is 108 Å². The topological polar surface area (TPSA) is 38.3 Å². The first-order valence-corrected chi connectivity index (χ1v) is 6.24. The monoisotopic (exact) mass is 303 g/mol. The first kappa shape index (κ1) is 14.1. The lowest BCUT2D eigenvalue weighted by Gasteiger charge is -2.16. The molecule has 0 aliphatic carbocycles. The molecule has 0 saturated carbocycles. The van der Waals surface area contributed by atoms with Gasteiger partial charge in [0.25, 0.3) is 0 Å². The second-order valence-corrected chi connectivity index (χ2v) is 4.27. The van der Waals surface area contributed by atoms with Gasteiger partial charge in [-0.15, -0.1) is 0 Å². The Bertz CT molecular complexity index is 398. The summed E-state index contributed by atoms with van der Waals surface area (Å²) in [7, 11) is 0. The van der Waals surface area contributed by atoms with Crippen LogP contribution in [0.2, 0.25) is 0 Å². The van der Waals surface area contributed by atoms with Crippen molar-refractivity contribution in [1.29, 1.82) is 0 Å². The van der Waals surface area contributed by atoms with E-state index in [9.17, 15) is 9.18 Å². The molecular formula is C12H15BrFNO2. The second-order valence-electron chi connectivity index (χ2n) is 3.42. The highest BCUT2D eigenvalue weighted by atomic mass is 79.9. The van der Waals surface area contributed by atoms with Crippen LogP contribution in [0.25, 0.3) is 0 Å². The van der Waals surface area contributed by atoms with Gasteiger partial charge in [-0.2, -0.15) is 0 Å². The van der Waals surface area contributed by atoms with Gasteiger partial charge in [-0.3, -0.25) is 0 Å². The van der Waals surface area contributed by atoms with Gasteiger partial charge >= 0.3 is 5.97 Å². The minimum Gasteiger partial charge on any atom is -0.465 e. The predicted molar refractivity (Wildman–Crippen MR) is 67.2 cm³/mol. The third kappa shape index (κ3) is 3.78. The van der Waals surface area contributed by atoms with Gasteiger partial charge in [-0.05, 0) is 47.1 Å². The van der Waals surface area contributed by atoms with E-state index in [2.05, 4.69) is 21.2 Å². The molecule has 3 nitrogen and oxygen atoms in total. The van der Waals surface area contributed by atoms with Crippen LogP contribution >= 0.6 is 15.9 Å². The molecule has 1 atom stereocenters. The highest BCUT2D eigenvalue weighted by Gasteiger charge is 2.21. The molecule has 0 amide bonds. The van der Waals surface area contributed by atoms with Crippen molar-refractivity contribution < 1.29 is 13.9 Å². The van der Waals surface area contributed by atoms with Gasteiger partial charge in [-0.25, -0.2) is 9.18 Å². The maximum atomic E-state index is 13.4. The summed E-state index contributed by atoms with van der Waals surface area (Å²) in [5, 5.41) is 2.97. The Morgan fingerprint density at radius 2 is 2.24 bits per heavy atom. The first-order chi connectivity index (χ1) is 8.10. The standard InChI is InChI=1S/C12H15BrFNO2/c1-3-15-11(12(16)17-4-2)8-5-6-9(13)10(14)7-8/h5-7,11,15H,3-4H2,1-2H3. The highest BCUT2D eigenvalue weighted by molar-refractivity contribution is 9.10. The molecular weight excluding hydrogens is 289 g/mol. The average molecular weight is 304 g/mol. The van der Waals surface area contributed by atoms with E-state index in [0.29, 0.717) is 23.2 Å². The molecule has 94 valence electrons. The maximum absolute atomic E-state index is 13.4. The SMILES string of the molecule is CCNC(C(=O)OCC)c1ccc(Br)c(F)c1. The Morgan fingerprint density at radius 1 is 1.53 bits per heavy atom. The summed E-state index contributed by atoms with van der Waals surface area (Å²) < 4.78 is 18.7. The number of hydrogen-bond acceptors (Lipinski definition) is 3. The number of rotatable bonds is 5. The highest BCUT2D eigenvalue weighted by Crippen LogP contribution is 2.21. The zero-order valence-electron chi connectivity index (χ0n) is 9.80. The summed E-state index contributed by atoms with van der Waals surface area (Å²) in [4.78, 5) is 11.7. The Balaban J connectivity index is 2.96. The van der Waals surface area contributed by atoms with Crippen molar-refractivity contribution in [2.75, 3.05) is 13.2 Å². The molecule has 0 spiro atoms. The van der Waals surface area contributed by atoms with E-state index in [1.807, 2.05) is 6.92 Å². The fourth-order valence-electron chi connectivity index (χ4n) is 1.46. The van der Waals surface area contributed by atoms with Crippen LogP contribution in [-0.4, -0.2) is 19.1 Å². The van der Waals surface area contributed by atoms with Gasteiger partial charge in [0.1, 0.15) is 11.9 Å². The van der Waals surface area contributed by atoms with Crippen molar-refractivity contribution in [3.8, 4) is 0 Å². The number of likely N-dealkylation sites (N-methyl/N-ethyl adjacent to an activating group) is 1. The van der Waals surface area contributed by atoms with Gasteiger partial charge in [0.15, 0.2) is 0 Å². The molecule has 0 fully saturated rings. The molecule has 0 aliphatic rings. The quantitative estimate of drug-likeness (QED) is 0.850. The minimum absolute atomic E-state index is 0.305. The largest absolute Gasteiger partial charge is 0.465 e. The molecule has 1 aromatic rings. The van der Waals surface area contributed by atoms with Crippen LogP contribution in [0.15, 0.2) is 22.7 Å². The van der Waals surface area contributed by atoms with Crippen molar-refractivity contribution in [3.05, 3.63) is 34.1 Å². The van der Waals surface area contributed by atoms with Crippen LogP contribution in [0.5, 0.6) is 0 Å². The fourth-order valence-corrected chi connectivity index (χ4v) is 1.71. The lowest BCUT2D eigenvalue weighted by molar-refractivity contribution is -0.145. The molecule has 0 aliphatic heterocycles. The molecule has 5 heteroatoms. The normalized spacial score (nSPS) is 12.2. The maximum Gasteiger partial charge on any atom is 0.327 e. The number of benzene rings is 1. The van der Waals surface area contributed by atoms with Crippen LogP contribution in [-0.2, 0) is 9.53 Å². The smallest absolute Gasteiger partial charge is 0.327 e. The van der Waals surface area contributed by atoms with Gasteiger partial charge in [0, 0.05) is 0 Å². The summed E-state index contributed by atoms with van der Waals surface area (Å²) in [6.45, 7) is 4.52. The number of esters is 1. The number of carbonyl (C=O) groups is 1. The van der Waals surface area contributed by atoms with E-state index < -0.39 is 17.8 Å². The van der Waals surface area contributed by atoms with E-state index in [1.165, 1.54) is 6.07 Å². The van der Waals surface area contributed by atoms with Crippen molar-refractivity contribution in [2.24, 2.45) is 0 Å². The van der Waals surface area contributed by atoms with Crippen LogP contribution in [0, 0.1) is 5.82 Å². The summed E-state index contributed by atoms with van der Waals surface area (Å²) >= 11 is 3.07. The van der Waals surface area contributed by atoms with Gasteiger partial charge in [0.2, 0.25) is 0 Å². The fraction of sp³-hybridized carbons (Fsp3) is 0.417. The van der Waals surface area contributed by atoms with Gasteiger partial charge < -0.3 is 10.1 Å². The summed E-state index contributed by atoms with van der Waals surface area (Å²) in [5.41, 5.74) is 0.561. The lowest BCUT2D eigenvalue weighted by atomic mass is 10.1. The number of halogens is 2. The lowest BCUT2D eigenvalue weighted by Crippen LogP contribution is -2.30. The molecule has 0 bridgehead atoms. The van der Waals surface area contributed by atoms with Crippen LogP contribution < -0.4 is 5.32 Å². The number of carbonyl (C=O) groups excluding carboxylic acids is 1. The van der Waals surface area contributed by atoms with Crippen molar-refractivity contribution in [3.63, 3.8) is 0 Å². The number of ether oxygens (including phenoxy) is 1. The Kier molecular flexibility index (Phi) is 5.58. The zero-order valence-corrected chi connectivity index (χ0v) is 11.4. The van der Waals surface area contributed by atoms with E-state index in [4.69, 9.17) is 4.74 Å². The van der Waals surface area contributed by atoms with Crippen molar-refractivity contribution in [2.45, 2.75) is 19.9 Å². The average Bonchev–Trinajstić information content (AvgIpc) is 2.30.